The molecule has 6 heteroatoms. The molecule has 96 valence electrons. The molecule has 0 aromatic heterocycles. The Morgan fingerprint density at radius 1 is 1.47 bits per heavy atom. The maximum atomic E-state index is 11.1. The van der Waals surface area contributed by atoms with E-state index in [1.165, 1.54) is 6.26 Å². The van der Waals surface area contributed by atoms with E-state index in [1.807, 2.05) is 25.1 Å². The van der Waals surface area contributed by atoms with Crippen LogP contribution in [0.2, 0.25) is 5.02 Å². The van der Waals surface area contributed by atoms with Gasteiger partial charge < -0.3 is 5.32 Å². The number of rotatable bonds is 5. The minimum atomic E-state index is -2.94. The third-order valence-corrected chi connectivity index (χ3v) is 4.51. The van der Waals surface area contributed by atoms with Gasteiger partial charge in [0.05, 0.1) is 10.8 Å². The van der Waals surface area contributed by atoms with E-state index < -0.39 is 9.84 Å². The average Bonchev–Trinajstić information content (AvgIpc) is 2.17. The molecule has 1 atom stereocenters. The highest BCUT2D eigenvalue weighted by Gasteiger charge is 2.09. The molecule has 1 rings (SSSR count). The molecular weight excluding hydrogens is 326 g/mol. The van der Waals surface area contributed by atoms with E-state index in [0.29, 0.717) is 11.6 Å². The average molecular weight is 341 g/mol. The summed E-state index contributed by atoms with van der Waals surface area (Å²) in [4.78, 5) is 0. The molecule has 1 aromatic carbocycles. The third-order valence-electron chi connectivity index (χ3n) is 2.19. The predicted octanol–water partition coefficient (Wildman–Crippen LogP) is 2.63. The molecule has 1 unspecified atom stereocenters. The van der Waals surface area contributed by atoms with Crippen LogP contribution in [0.25, 0.3) is 0 Å². The first-order valence-electron chi connectivity index (χ1n) is 5.13. The molecule has 0 radical (unpaired) electrons. The molecule has 0 spiro atoms. The first kappa shape index (κ1) is 15.0. The van der Waals surface area contributed by atoms with Gasteiger partial charge in [-0.25, -0.2) is 8.42 Å². The largest absolute Gasteiger partial charge is 0.309 e. The van der Waals surface area contributed by atoms with Gasteiger partial charge in [0.2, 0.25) is 0 Å². The summed E-state index contributed by atoms with van der Waals surface area (Å²) < 4.78 is 23.0. The summed E-state index contributed by atoms with van der Waals surface area (Å²) in [5.74, 6) is 0.141. The fraction of sp³-hybridized carbons (Fsp3) is 0.455. The number of sulfone groups is 1. The normalized spacial score (nSPS) is 13.6. The molecule has 0 bridgehead atoms. The van der Waals surface area contributed by atoms with Crippen LogP contribution >= 0.6 is 27.5 Å². The van der Waals surface area contributed by atoms with E-state index in [-0.39, 0.29) is 11.8 Å². The van der Waals surface area contributed by atoms with Gasteiger partial charge in [0.15, 0.2) is 0 Å². The zero-order valence-corrected chi connectivity index (χ0v) is 12.9. The van der Waals surface area contributed by atoms with Crippen molar-refractivity contribution in [1.82, 2.24) is 5.32 Å². The molecule has 0 saturated heterocycles. The summed E-state index contributed by atoms with van der Waals surface area (Å²) in [6.45, 7) is 2.47. The topological polar surface area (TPSA) is 46.2 Å². The number of hydrogen-bond acceptors (Lipinski definition) is 3. The van der Waals surface area contributed by atoms with Crippen molar-refractivity contribution in [3.63, 3.8) is 0 Å². The van der Waals surface area contributed by atoms with E-state index in [4.69, 9.17) is 11.6 Å². The van der Waals surface area contributed by atoms with Gasteiger partial charge in [0.1, 0.15) is 9.84 Å². The van der Waals surface area contributed by atoms with Crippen molar-refractivity contribution in [2.45, 2.75) is 19.5 Å². The predicted molar refractivity (Wildman–Crippen MR) is 75.2 cm³/mol. The molecule has 17 heavy (non-hydrogen) atoms. The Morgan fingerprint density at radius 3 is 2.65 bits per heavy atom. The monoisotopic (exact) mass is 339 g/mol. The van der Waals surface area contributed by atoms with Crippen molar-refractivity contribution in [2.75, 3.05) is 12.0 Å². The fourth-order valence-corrected chi connectivity index (χ4v) is 3.02. The molecule has 0 amide bonds. The minimum absolute atomic E-state index is 0.0700. The van der Waals surface area contributed by atoms with Gasteiger partial charge in [0, 0.05) is 23.3 Å². The van der Waals surface area contributed by atoms with Crippen LogP contribution in [0.3, 0.4) is 0 Å². The Hall–Kier alpha value is -0.100. The van der Waals surface area contributed by atoms with E-state index in [0.717, 1.165) is 10.0 Å². The molecular formula is C11H15BrClNO2S. The Labute approximate surface area is 116 Å². The van der Waals surface area contributed by atoms with Gasteiger partial charge in [0.25, 0.3) is 0 Å². The van der Waals surface area contributed by atoms with Crippen molar-refractivity contribution in [3.8, 4) is 0 Å². The molecule has 0 aliphatic rings. The van der Waals surface area contributed by atoms with E-state index >= 15 is 0 Å². The zero-order chi connectivity index (χ0) is 13.1. The lowest BCUT2D eigenvalue weighted by Crippen LogP contribution is -2.32. The molecule has 1 N–H and O–H groups in total. The van der Waals surface area contributed by atoms with E-state index in [1.54, 1.807) is 0 Å². The molecule has 0 aliphatic heterocycles. The lowest BCUT2D eigenvalue weighted by atomic mass is 10.2. The maximum absolute atomic E-state index is 11.1. The Morgan fingerprint density at radius 2 is 2.12 bits per heavy atom. The van der Waals surface area contributed by atoms with Crippen LogP contribution in [0.4, 0.5) is 0 Å². The Bertz CT molecular complexity index is 490. The second kappa shape index (κ2) is 6.18. The van der Waals surface area contributed by atoms with Crippen molar-refractivity contribution < 1.29 is 8.42 Å². The first-order valence-corrected chi connectivity index (χ1v) is 8.36. The zero-order valence-electron chi connectivity index (χ0n) is 9.70. The van der Waals surface area contributed by atoms with Gasteiger partial charge in [-0.05, 0) is 40.5 Å². The van der Waals surface area contributed by atoms with E-state index in [9.17, 15) is 8.42 Å². The Kier molecular flexibility index (Phi) is 5.44. The van der Waals surface area contributed by atoms with Crippen LogP contribution in [0, 0.1) is 0 Å². The summed E-state index contributed by atoms with van der Waals surface area (Å²) in [6.07, 6.45) is 1.24. The molecule has 0 heterocycles. The summed E-state index contributed by atoms with van der Waals surface area (Å²) in [5, 5.41) is 3.82. The number of hydrogen-bond donors (Lipinski definition) is 1. The Balaban J connectivity index is 2.53. The van der Waals surface area contributed by atoms with Crippen LogP contribution in [-0.2, 0) is 16.4 Å². The molecule has 0 fully saturated rings. The third kappa shape index (κ3) is 5.86. The van der Waals surface area contributed by atoms with Gasteiger partial charge >= 0.3 is 0 Å². The number of nitrogens with one attached hydrogen (secondary N) is 1. The van der Waals surface area contributed by atoms with Gasteiger partial charge in [-0.2, -0.15) is 0 Å². The van der Waals surface area contributed by atoms with Crippen LogP contribution in [0.1, 0.15) is 12.5 Å². The number of benzene rings is 1. The molecule has 3 nitrogen and oxygen atoms in total. The van der Waals surface area contributed by atoms with Gasteiger partial charge in [-0.15, -0.1) is 0 Å². The lowest BCUT2D eigenvalue weighted by molar-refractivity contribution is 0.560. The maximum Gasteiger partial charge on any atom is 0.148 e. The van der Waals surface area contributed by atoms with Crippen molar-refractivity contribution in [3.05, 3.63) is 33.3 Å². The quantitative estimate of drug-likeness (QED) is 0.896. The SMILES string of the molecule is CC(CS(C)(=O)=O)NCc1ccc(Cl)c(Br)c1. The van der Waals surface area contributed by atoms with Crippen molar-refractivity contribution >= 4 is 37.4 Å². The molecule has 0 aliphatic carbocycles. The highest BCUT2D eigenvalue weighted by atomic mass is 79.9. The lowest BCUT2D eigenvalue weighted by Gasteiger charge is -2.13. The summed E-state index contributed by atoms with van der Waals surface area (Å²) in [5.41, 5.74) is 1.06. The highest BCUT2D eigenvalue weighted by molar-refractivity contribution is 9.10. The van der Waals surface area contributed by atoms with Crippen molar-refractivity contribution in [2.24, 2.45) is 0 Å². The van der Waals surface area contributed by atoms with E-state index in [2.05, 4.69) is 21.2 Å². The van der Waals surface area contributed by atoms with Crippen molar-refractivity contribution in [1.29, 1.82) is 0 Å². The minimum Gasteiger partial charge on any atom is -0.309 e. The second-order valence-corrected chi connectivity index (χ2v) is 7.57. The van der Waals surface area contributed by atoms with Crippen LogP contribution in [0.15, 0.2) is 22.7 Å². The fourth-order valence-electron chi connectivity index (χ4n) is 1.45. The highest BCUT2D eigenvalue weighted by Crippen LogP contribution is 2.23. The second-order valence-electron chi connectivity index (χ2n) is 4.12. The van der Waals surface area contributed by atoms with Gasteiger partial charge in [-0.1, -0.05) is 17.7 Å². The first-order chi connectivity index (χ1) is 7.78. The summed E-state index contributed by atoms with van der Waals surface area (Å²) >= 11 is 9.23. The summed E-state index contributed by atoms with van der Waals surface area (Å²) in [7, 11) is -2.94. The standard InChI is InChI=1S/C11H15BrClNO2S/c1-8(7-17(2,15)16)14-6-9-3-4-11(13)10(12)5-9/h3-5,8,14H,6-7H2,1-2H3. The van der Waals surface area contributed by atoms with Gasteiger partial charge in [-0.3, -0.25) is 0 Å². The summed E-state index contributed by atoms with van der Waals surface area (Å²) in [6, 6.07) is 5.57. The van der Waals surface area contributed by atoms with Crippen LogP contribution in [0.5, 0.6) is 0 Å². The molecule has 0 saturated carbocycles. The van der Waals surface area contributed by atoms with Crippen LogP contribution < -0.4 is 5.32 Å². The number of halogens is 2. The smallest absolute Gasteiger partial charge is 0.148 e. The van der Waals surface area contributed by atoms with Crippen LogP contribution in [-0.4, -0.2) is 26.5 Å². The molecule has 1 aromatic rings.